The Balaban J connectivity index is 1.13. The monoisotopic (exact) mass is 505 g/mol. The van der Waals surface area contributed by atoms with Crippen LogP contribution in [0.15, 0.2) is 36.2 Å². The lowest BCUT2D eigenvalue weighted by atomic mass is 9.78. The number of aromatic nitrogens is 2. The quantitative estimate of drug-likeness (QED) is 0.416. The van der Waals surface area contributed by atoms with E-state index in [1.807, 2.05) is 11.8 Å². The van der Waals surface area contributed by atoms with Crippen molar-refractivity contribution >= 4 is 22.9 Å². The van der Waals surface area contributed by atoms with Gasteiger partial charge in [-0.1, -0.05) is 11.6 Å². The van der Waals surface area contributed by atoms with Gasteiger partial charge < -0.3 is 23.8 Å². The summed E-state index contributed by atoms with van der Waals surface area (Å²) >= 11 is 0. The number of pyridine rings is 2. The van der Waals surface area contributed by atoms with Gasteiger partial charge in [0, 0.05) is 49.1 Å². The zero-order valence-electron chi connectivity index (χ0n) is 20.9. The van der Waals surface area contributed by atoms with Crippen LogP contribution in [0.5, 0.6) is 23.0 Å². The molecule has 2 saturated heterocycles. The molecule has 0 bridgehead atoms. The molecule has 2 aliphatic heterocycles. The summed E-state index contributed by atoms with van der Waals surface area (Å²) in [6, 6.07) is 5.21. The van der Waals surface area contributed by atoms with Crippen molar-refractivity contribution in [2.75, 3.05) is 40.0 Å². The first-order chi connectivity index (χ1) is 17.9. The molecule has 0 saturated carbocycles. The molecule has 8 nitrogen and oxygen atoms in total. The fourth-order valence-electron chi connectivity index (χ4n) is 5.13. The highest BCUT2D eigenvalue weighted by Gasteiger charge is 2.50. The molecule has 0 atom stereocenters. The summed E-state index contributed by atoms with van der Waals surface area (Å²) in [5.41, 5.74) is 3.09. The Bertz CT molecular complexity index is 1410. The first kappa shape index (κ1) is 23.7. The Hall–Kier alpha value is -3.72. The van der Waals surface area contributed by atoms with Crippen molar-refractivity contribution in [1.29, 1.82) is 0 Å². The van der Waals surface area contributed by atoms with Gasteiger partial charge in [-0.2, -0.15) is 0 Å². The van der Waals surface area contributed by atoms with Gasteiger partial charge in [-0.3, -0.25) is 14.8 Å². The van der Waals surface area contributed by atoms with Crippen LogP contribution in [0.2, 0.25) is 0 Å². The van der Waals surface area contributed by atoms with Crippen LogP contribution in [0, 0.1) is 11.2 Å². The van der Waals surface area contributed by atoms with Crippen molar-refractivity contribution in [2.24, 2.45) is 5.41 Å². The summed E-state index contributed by atoms with van der Waals surface area (Å²) in [5, 5.41) is 0.653. The van der Waals surface area contributed by atoms with Gasteiger partial charge in [-0.25, -0.2) is 4.39 Å². The average Bonchev–Trinajstić information content (AvgIpc) is 3.22. The summed E-state index contributed by atoms with van der Waals surface area (Å²) in [4.78, 5) is 23.1. The Morgan fingerprint density at radius 2 is 2.00 bits per heavy atom. The molecule has 0 radical (unpaired) electrons. The Kier molecular flexibility index (Phi) is 5.95. The van der Waals surface area contributed by atoms with Gasteiger partial charge in [0.1, 0.15) is 5.75 Å². The maximum absolute atomic E-state index is 15.1. The molecule has 2 aromatic heterocycles. The number of hydrogen-bond acceptors (Lipinski definition) is 7. The van der Waals surface area contributed by atoms with Crippen molar-refractivity contribution in [3.63, 3.8) is 0 Å². The minimum atomic E-state index is -0.428. The standard InChI is InChI=1S/C28H28FN3O5/c1-17-8-19-20(9-17)31-12-25(27(19)29)37-22-5-6-30-21-11-24(23(34-2)10-18(21)22)36-7-3-4-26(33)32-13-28(14-32)15-35-16-28/h5-6,8,10-12H,3-4,7,9,13-16H2,1-2H3. The van der Waals surface area contributed by atoms with E-state index in [-0.39, 0.29) is 17.1 Å². The Morgan fingerprint density at radius 3 is 2.76 bits per heavy atom. The molecule has 1 aliphatic carbocycles. The third kappa shape index (κ3) is 4.37. The van der Waals surface area contributed by atoms with Gasteiger partial charge in [-0.15, -0.1) is 0 Å². The zero-order chi connectivity index (χ0) is 25.6. The minimum Gasteiger partial charge on any atom is -0.493 e. The lowest BCUT2D eigenvalue weighted by Gasteiger charge is -2.55. The van der Waals surface area contributed by atoms with E-state index >= 15 is 4.39 Å². The fraction of sp³-hybridized carbons (Fsp3) is 0.393. The zero-order valence-corrected chi connectivity index (χ0v) is 20.9. The summed E-state index contributed by atoms with van der Waals surface area (Å²) in [7, 11) is 1.55. The van der Waals surface area contributed by atoms with Crippen LogP contribution < -0.4 is 14.2 Å². The second kappa shape index (κ2) is 9.30. The molecule has 4 heterocycles. The van der Waals surface area contributed by atoms with E-state index in [0.29, 0.717) is 65.3 Å². The number of benzene rings is 1. The molecule has 2 fully saturated rings. The first-order valence-corrected chi connectivity index (χ1v) is 12.4. The van der Waals surface area contributed by atoms with Crippen LogP contribution in [0.1, 0.15) is 31.0 Å². The normalized spacial score (nSPS) is 17.2. The number of fused-ring (bicyclic) bond motifs is 2. The van der Waals surface area contributed by atoms with Gasteiger partial charge >= 0.3 is 0 Å². The largest absolute Gasteiger partial charge is 0.493 e. The van der Waals surface area contributed by atoms with Crippen LogP contribution in [0.4, 0.5) is 4.39 Å². The van der Waals surface area contributed by atoms with Crippen molar-refractivity contribution < 1.29 is 28.1 Å². The van der Waals surface area contributed by atoms with Crippen molar-refractivity contribution in [2.45, 2.75) is 26.2 Å². The predicted octanol–water partition coefficient (Wildman–Crippen LogP) is 4.55. The molecule has 1 amide bonds. The maximum Gasteiger partial charge on any atom is 0.222 e. The van der Waals surface area contributed by atoms with Gasteiger partial charge in [0.15, 0.2) is 23.1 Å². The number of rotatable bonds is 8. The maximum atomic E-state index is 15.1. The van der Waals surface area contributed by atoms with Crippen LogP contribution in [0.25, 0.3) is 17.0 Å². The second-order valence-corrected chi connectivity index (χ2v) is 10.1. The topological polar surface area (TPSA) is 83.0 Å². The van der Waals surface area contributed by atoms with E-state index in [9.17, 15) is 4.79 Å². The van der Waals surface area contributed by atoms with Gasteiger partial charge in [-0.05, 0) is 25.5 Å². The molecule has 0 unspecified atom stereocenters. The molecule has 1 spiro atoms. The van der Waals surface area contributed by atoms with Gasteiger partial charge in [0.25, 0.3) is 0 Å². The van der Waals surface area contributed by atoms with Crippen molar-refractivity contribution in [1.82, 2.24) is 14.9 Å². The van der Waals surface area contributed by atoms with E-state index in [1.54, 1.807) is 37.6 Å². The highest BCUT2D eigenvalue weighted by atomic mass is 19.1. The fourth-order valence-corrected chi connectivity index (χ4v) is 5.13. The number of likely N-dealkylation sites (tertiary alicyclic amines) is 1. The van der Waals surface area contributed by atoms with Gasteiger partial charge in [0.2, 0.25) is 5.91 Å². The molecule has 9 heteroatoms. The van der Waals surface area contributed by atoms with Crippen molar-refractivity contribution in [3.8, 4) is 23.0 Å². The first-order valence-electron chi connectivity index (χ1n) is 12.4. The molecule has 1 aromatic carbocycles. The van der Waals surface area contributed by atoms with Crippen LogP contribution in [-0.4, -0.2) is 60.8 Å². The minimum absolute atomic E-state index is 0.0547. The smallest absolute Gasteiger partial charge is 0.222 e. The number of amides is 1. The molecule has 3 aromatic rings. The number of carbonyl (C=O) groups is 1. The molecular weight excluding hydrogens is 477 g/mol. The highest BCUT2D eigenvalue weighted by Crippen LogP contribution is 2.40. The molecule has 192 valence electrons. The molecule has 37 heavy (non-hydrogen) atoms. The van der Waals surface area contributed by atoms with Gasteiger partial charge in [0.05, 0.1) is 49.8 Å². The summed E-state index contributed by atoms with van der Waals surface area (Å²) in [5.74, 6) is 1.23. The molecule has 6 rings (SSSR count). The lowest BCUT2D eigenvalue weighted by Crippen LogP contribution is -2.67. The number of halogens is 1. The molecular formula is C28H28FN3O5. The summed E-state index contributed by atoms with van der Waals surface area (Å²) < 4.78 is 37.8. The third-order valence-electron chi connectivity index (χ3n) is 7.16. The Morgan fingerprint density at radius 1 is 1.16 bits per heavy atom. The number of nitrogens with zero attached hydrogens (tertiary/aromatic N) is 3. The number of allylic oxidation sites excluding steroid dienone is 1. The number of hydrogen-bond donors (Lipinski definition) is 0. The summed E-state index contributed by atoms with van der Waals surface area (Å²) in [6.07, 6.45) is 6.49. The van der Waals surface area contributed by atoms with E-state index < -0.39 is 5.82 Å². The van der Waals surface area contributed by atoms with E-state index in [1.165, 1.54) is 6.20 Å². The van der Waals surface area contributed by atoms with E-state index in [0.717, 1.165) is 31.9 Å². The average molecular weight is 506 g/mol. The van der Waals surface area contributed by atoms with E-state index in [4.69, 9.17) is 18.9 Å². The Labute approximate surface area is 214 Å². The van der Waals surface area contributed by atoms with Crippen LogP contribution in [0.3, 0.4) is 0 Å². The lowest BCUT2D eigenvalue weighted by molar-refractivity contribution is -0.195. The van der Waals surface area contributed by atoms with Crippen LogP contribution in [-0.2, 0) is 16.0 Å². The number of ether oxygens (including phenoxy) is 4. The third-order valence-corrected chi connectivity index (χ3v) is 7.16. The summed E-state index contributed by atoms with van der Waals surface area (Å²) in [6.45, 7) is 5.43. The molecule has 3 aliphatic rings. The van der Waals surface area contributed by atoms with E-state index in [2.05, 4.69) is 9.97 Å². The highest BCUT2D eigenvalue weighted by molar-refractivity contribution is 5.88. The van der Waals surface area contributed by atoms with Crippen LogP contribution >= 0.6 is 0 Å². The van der Waals surface area contributed by atoms with Crippen molar-refractivity contribution in [3.05, 3.63) is 53.2 Å². The SMILES string of the molecule is COc1cc2c(Oc3cnc4c(c3F)C=C(C)C4)ccnc2cc1OCCCC(=O)N1CC2(COC2)C1. The molecule has 0 N–H and O–H groups in total. The second-order valence-electron chi connectivity index (χ2n) is 10.1. The number of carbonyl (C=O) groups excluding carboxylic acids is 1. The predicted molar refractivity (Wildman–Crippen MR) is 134 cm³/mol. The number of methoxy groups -OCH3 is 1.